The summed E-state index contributed by atoms with van der Waals surface area (Å²) in [6, 6.07) is 6.20. The largest absolute Gasteiger partial charge is 0.347 e. The molecule has 0 radical (unpaired) electrons. The molecule has 30 heavy (non-hydrogen) atoms. The van der Waals surface area contributed by atoms with Gasteiger partial charge in [0.1, 0.15) is 6.17 Å². The van der Waals surface area contributed by atoms with E-state index in [1.807, 2.05) is 6.07 Å². The van der Waals surface area contributed by atoms with Gasteiger partial charge in [0.05, 0.1) is 6.20 Å². The Balaban J connectivity index is 1.51. The fourth-order valence-corrected chi connectivity index (χ4v) is 4.02. The second-order valence-corrected chi connectivity index (χ2v) is 7.67. The number of halogens is 1. The van der Waals surface area contributed by atoms with E-state index in [2.05, 4.69) is 44.6 Å². The molecule has 4 rings (SSSR count). The molecule has 2 aliphatic rings. The number of hydrogen-bond acceptors (Lipinski definition) is 6. The van der Waals surface area contributed by atoms with E-state index in [1.165, 1.54) is 17.2 Å². The van der Waals surface area contributed by atoms with Crippen LogP contribution in [-0.2, 0) is 17.8 Å². The van der Waals surface area contributed by atoms with E-state index in [4.69, 9.17) is 0 Å². The van der Waals surface area contributed by atoms with Crippen LogP contribution in [-0.4, -0.2) is 40.0 Å². The van der Waals surface area contributed by atoms with Gasteiger partial charge in [0, 0.05) is 18.8 Å². The molecule has 3 N–H and O–H groups in total. The number of hydrogen-bond donors (Lipinski definition) is 3. The smallest absolute Gasteiger partial charge is 0.247 e. The number of carbonyl (C=O) groups excluding carboxylic acids is 1. The molecule has 0 spiro atoms. The summed E-state index contributed by atoms with van der Waals surface area (Å²) in [6.07, 6.45) is 6.91. The minimum absolute atomic E-state index is 0.0812. The number of anilines is 3. The number of rotatable bonds is 5. The van der Waals surface area contributed by atoms with Crippen molar-refractivity contribution in [1.82, 2.24) is 20.2 Å². The maximum absolute atomic E-state index is 14.4. The van der Waals surface area contributed by atoms with Crippen LogP contribution in [0.4, 0.5) is 21.8 Å². The summed E-state index contributed by atoms with van der Waals surface area (Å²) in [7, 11) is 0. The van der Waals surface area contributed by atoms with Gasteiger partial charge in [-0.3, -0.25) is 4.79 Å². The first-order valence-corrected chi connectivity index (χ1v) is 10.5. The molecule has 8 heteroatoms. The van der Waals surface area contributed by atoms with Crippen molar-refractivity contribution in [3.63, 3.8) is 0 Å². The maximum Gasteiger partial charge on any atom is 0.247 e. The van der Waals surface area contributed by atoms with Gasteiger partial charge in [-0.1, -0.05) is 12.6 Å². The van der Waals surface area contributed by atoms with Crippen LogP contribution in [0.5, 0.6) is 0 Å². The number of amides is 1. The quantitative estimate of drug-likeness (QED) is 0.656. The van der Waals surface area contributed by atoms with Gasteiger partial charge in [-0.15, -0.1) is 0 Å². The third kappa shape index (κ3) is 4.59. The minimum atomic E-state index is -0.553. The molecule has 0 saturated carbocycles. The highest BCUT2D eigenvalue weighted by Gasteiger charge is 2.26. The Morgan fingerprint density at radius 3 is 3.07 bits per heavy atom. The zero-order chi connectivity index (χ0) is 20.9. The Kier molecular flexibility index (Phi) is 6.23. The van der Waals surface area contributed by atoms with Gasteiger partial charge >= 0.3 is 0 Å². The summed E-state index contributed by atoms with van der Waals surface area (Å²) in [5, 5.41) is 9.67. The molecule has 1 amide bonds. The first-order valence-electron chi connectivity index (χ1n) is 10.5. The van der Waals surface area contributed by atoms with Crippen LogP contribution in [0.25, 0.3) is 0 Å². The van der Waals surface area contributed by atoms with Gasteiger partial charge in [-0.05, 0) is 68.0 Å². The Labute approximate surface area is 175 Å². The van der Waals surface area contributed by atoms with Crippen molar-refractivity contribution in [2.45, 2.75) is 44.8 Å². The highest BCUT2D eigenvalue weighted by Crippen LogP contribution is 2.24. The van der Waals surface area contributed by atoms with Crippen molar-refractivity contribution in [2.75, 3.05) is 23.7 Å². The second kappa shape index (κ2) is 9.21. The number of benzene rings is 1. The van der Waals surface area contributed by atoms with Crippen molar-refractivity contribution in [2.24, 2.45) is 0 Å². The van der Waals surface area contributed by atoms with E-state index in [0.29, 0.717) is 12.5 Å². The van der Waals surface area contributed by atoms with Crippen molar-refractivity contribution in [3.05, 3.63) is 54.0 Å². The zero-order valence-electron chi connectivity index (χ0n) is 17.0. The topological polar surface area (TPSA) is 82.2 Å². The minimum Gasteiger partial charge on any atom is -0.347 e. The van der Waals surface area contributed by atoms with E-state index in [-0.39, 0.29) is 17.9 Å². The molecule has 2 aromatic rings. The Hall–Kier alpha value is -3.00. The van der Waals surface area contributed by atoms with Crippen molar-refractivity contribution in [3.8, 4) is 0 Å². The third-order valence-corrected chi connectivity index (χ3v) is 5.59. The molecule has 1 aromatic heterocycles. The summed E-state index contributed by atoms with van der Waals surface area (Å²) < 4.78 is 14.4. The Bertz CT molecular complexity index is 934. The molecule has 7 nitrogen and oxygen atoms in total. The van der Waals surface area contributed by atoms with Crippen LogP contribution in [0.1, 0.15) is 36.8 Å². The van der Waals surface area contributed by atoms with E-state index >= 15 is 0 Å². The number of aryl methyl sites for hydroxylation is 1. The molecule has 1 atom stereocenters. The van der Waals surface area contributed by atoms with Crippen LogP contribution < -0.4 is 16.0 Å². The molecule has 1 unspecified atom stereocenters. The molecule has 0 aliphatic carbocycles. The van der Waals surface area contributed by atoms with Gasteiger partial charge in [-0.2, -0.15) is 4.98 Å². The zero-order valence-corrected chi connectivity index (χ0v) is 17.0. The summed E-state index contributed by atoms with van der Waals surface area (Å²) in [6.45, 7) is 6.02. The maximum atomic E-state index is 14.4. The number of piperidine rings is 1. The summed E-state index contributed by atoms with van der Waals surface area (Å²) in [5.41, 5.74) is 3.45. The molecule has 3 heterocycles. The van der Waals surface area contributed by atoms with E-state index < -0.39 is 5.82 Å². The van der Waals surface area contributed by atoms with Crippen molar-refractivity contribution < 1.29 is 9.18 Å². The van der Waals surface area contributed by atoms with Crippen molar-refractivity contribution >= 4 is 23.4 Å². The van der Waals surface area contributed by atoms with Crippen molar-refractivity contribution in [1.29, 1.82) is 0 Å². The lowest BCUT2D eigenvalue weighted by atomic mass is 10.0. The number of likely N-dealkylation sites (tertiary alicyclic amines) is 1. The van der Waals surface area contributed by atoms with Crippen LogP contribution in [0.15, 0.2) is 37.1 Å². The van der Waals surface area contributed by atoms with Crippen LogP contribution >= 0.6 is 0 Å². The predicted octanol–water partition coefficient (Wildman–Crippen LogP) is 3.33. The molecule has 158 valence electrons. The highest BCUT2D eigenvalue weighted by molar-refractivity contribution is 5.87. The Morgan fingerprint density at radius 1 is 1.30 bits per heavy atom. The molecule has 2 aliphatic heterocycles. The molecule has 1 aromatic carbocycles. The molecule has 1 saturated heterocycles. The van der Waals surface area contributed by atoms with Crippen LogP contribution in [0.2, 0.25) is 0 Å². The van der Waals surface area contributed by atoms with Gasteiger partial charge in [0.2, 0.25) is 11.9 Å². The fraction of sp³-hybridized carbons (Fsp3) is 0.409. The lowest BCUT2D eigenvalue weighted by Crippen LogP contribution is -2.47. The average Bonchev–Trinajstić information content (AvgIpc) is 3.01. The lowest BCUT2D eigenvalue weighted by Gasteiger charge is -2.35. The standard InChI is InChI=1S/C22H27FN6O/c1-2-20(30)29-11-4-3-7-19(29)27-21-18(23)14-25-22(28-21)26-17-9-8-15-6-5-10-24-13-16(15)12-17/h2,8-9,12,14,19,24H,1,3-7,10-11,13H2,(H2,25,26,27,28). The number of carbonyl (C=O) groups is 1. The summed E-state index contributed by atoms with van der Waals surface area (Å²) >= 11 is 0. The highest BCUT2D eigenvalue weighted by atomic mass is 19.1. The molecular weight excluding hydrogens is 383 g/mol. The molecule has 0 bridgehead atoms. The van der Waals surface area contributed by atoms with Crippen LogP contribution in [0, 0.1) is 5.82 Å². The normalized spacial score (nSPS) is 18.8. The Morgan fingerprint density at radius 2 is 2.20 bits per heavy atom. The van der Waals surface area contributed by atoms with E-state index in [0.717, 1.165) is 57.1 Å². The average molecular weight is 410 g/mol. The third-order valence-electron chi connectivity index (χ3n) is 5.59. The monoisotopic (exact) mass is 410 g/mol. The second-order valence-electron chi connectivity index (χ2n) is 7.67. The molecule has 1 fully saturated rings. The first kappa shape index (κ1) is 20.3. The number of nitrogens with one attached hydrogen (secondary N) is 3. The first-order chi connectivity index (χ1) is 14.6. The van der Waals surface area contributed by atoms with E-state index in [1.54, 1.807) is 4.90 Å². The van der Waals surface area contributed by atoms with Gasteiger partial charge in [-0.25, -0.2) is 9.37 Å². The number of aromatic nitrogens is 2. The van der Waals surface area contributed by atoms with Gasteiger partial charge in [0.15, 0.2) is 11.6 Å². The fourth-order valence-electron chi connectivity index (χ4n) is 4.02. The van der Waals surface area contributed by atoms with Gasteiger partial charge < -0.3 is 20.9 Å². The van der Waals surface area contributed by atoms with E-state index in [9.17, 15) is 9.18 Å². The SMILES string of the molecule is C=CC(=O)N1CCCCC1Nc1nc(Nc2ccc3c(c2)CNCCC3)ncc1F. The summed E-state index contributed by atoms with van der Waals surface area (Å²) in [4.78, 5) is 22.2. The predicted molar refractivity (Wildman–Crippen MR) is 115 cm³/mol. The number of fused-ring (bicyclic) bond motifs is 1. The molecular formula is C22H27FN6O. The lowest BCUT2D eigenvalue weighted by molar-refractivity contribution is -0.128. The van der Waals surface area contributed by atoms with Gasteiger partial charge in [0.25, 0.3) is 0 Å². The van der Waals surface area contributed by atoms with Crippen LogP contribution in [0.3, 0.4) is 0 Å². The number of nitrogens with zero attached hydrogens (tertiary/aromatic N) is 3. The summed E-state index contributed by atoms with van der Waals surface area (Å²) in [5.74, 6) is -0.336.